The first-order chi connectivity index (χ1) is 25.7. The van der Waals surface area contributed by atoms with E-state index in [0.29, 0.717) is 0 Å². The highest BCUT2D eigenvalue weighted by atomic mass is 14.8. The van der Waals surface area contributed by atoms with Crippen molar-refractivity contribution in [2.75, 3.05) is 0 Å². The summed E-state index contributed by atoms with van der Waals surface area (Å²) in [5.41, 5.74) is 14.8. The van der Waals surface area contributed by atoms with Gasteiger partial charge in [0.2, 0.25) is 0 Å². The molecular formula is C52H41N. The molecule has 2 atom stereocenters. The lowest BCUT2D eigenvalue weighted by Crippen LogP contribution is -2.20. The number of hydrogen-bond acceptors (Lipinski definition) is 1. The quantitative estimate of drug-likeness (QED) is 0.127. The summed E-state index contributed by atoms with van der Waals surface area (Å²) in [5.74, 6) is 0.199. The third-order valence-electron chi connectivity index (χ3n) is 13.1. The molecule has 0 saturated carbocycles. The van der Waals surface area contributed by atoms with Crippen LogP contribution in [-0.2, 0) is 10.8 Å². The van der Waals surface area contributed by atoms with Gasteiger partial charge < -0.3 is 0 Å². The number of fused-ring (bicyclic) bond motifs is 11. The van der Waals surface area contributed by atoms with Gasteiger partial charge in [-0.25, -0.2) is 0 Å². The van der Waals surface area contributed by atoms with Gasteiger partial charge in [-0.2, -0.15) is 0 Å². The Morgan fingerprint density at radius 3 is 1.92 bits per heavy atom. The molecule has 8 aromatic rings. The van der Waals surface area contributed by atoms with E-state index in [1.165, 1.54) is 104 Å². The van der Waals surface area contributed by atoms with Crippen molar-refractivity contribution in [3.63, 3.8) is 0 Å². The fourth-order valence-corrected chi connectivity index (χ4v) is 10.5. The van der Waals surface area contributed by atoms with Crippen molar-refractivity contribution in [2.24, 2.45) is 4.99 Å². The summed E-state index contributed by atoms with van der Waals surface area (Å²) in [7, 11) is 0. The van der Waals surface area contributed by atoms with Gasteiger partial charge in [0.05, 0.1) is 6.04 Å². The zero-order chi connectivity index (χ0) is 35.8. The van der Waals surface area contributed by atoms with Crippen molar-refractivity contribution < 1.29 is 0 Å². The van der Waals surface area contributed by atoms with Crippen LogP contribution in [0.5, 0.6) is 0 Å². The summed E-state index contributed by atoms with van der Waals surface area (Å²) in [4.78, 5) is 5.45. The van der Waals surface area contributed by atoms with Gasteiger partial charge in [0.1, 0.15) is 0 Å². The van der Waals surface area contributed by atoms with Crippen LogP contribution >= 0.6 is 0 Å². The molecule has 0 aromatic heterocycles. The molecule has 0 radical (unpaired) electrons. The second-order valence-electron chi connectivity index (χ2n) is 16.7. The lowest BCUT2D eigenvalue weighted by atomic mass is 9.77. The lowest BCUT2D eigenvalue weighted by molar-refractivity contribution is 0.626. The maximum absolute atomic E-state index is 5.45. The van der Waals surface area contributed by atoms with Gasteiger partial charge >= 0.3 is 0 Å². The molecule has 11 rings (SSSR count). The first kappa shape index (κ1) is 30.8. The highest BCUT2D eigenvalue weighted by Crippen LogP contribution is 2.56. The van der Waals surface area contributed by atoms with Gasteiger partial charge in [-0.05, 0) is 124 Å². The number of hydrogen-bond donors (Lipinski definition) is 0. The van der Waals surface area contributed by atoms with Gasteiger partial charge in [-0.1, -0.05) is 155 Å². The molecule has 0 N–H and O–H groups in total. The number of benzene rings is 8. The van der Waals surface area contributed by atoms with Gasteiger partial charge in [-0.3, -0.25) is 4.99 Å². The maximum atomic E-state index is 5.45. The van der Waals surface area contributed by atoms with Crippen LogP contribution in [0, 0.1) is 6.92 Å². The molecule has 1 aliphatic heterocycles. The maximum Gasteiger partial charge on any atom is 0.0942 e. The van der Waals surface area contributed by atoms with E-state index >= 15 is 0 Å². The monoisotopic (exact) mass is 679 g/mol. The Labute approximate surface area is 311 Å². The van der Waals surface area contributed by atoms with Crippen molar-refractivity contribution in [2.45, 2.75) is 57.4 Å². The molecule has 0 bridgehead atoms. The predicted molar refractivity (Wildman–Crippen MR) is 226 cm³/mol. The molecule has 2 unspecified atom stereocenters. The van der Waals surface area contributed by atoms with E-state index in [0.717, 1.165) is 0 Å². The Bertz CT molecular complexity index is 2970. The molecule has 0 saturated heterocycles. The summed E-state index contributed by atoms with van der Waals surface area (Å²) in [5, 5.41) is 10.4. The topological polar surface area (TPSA) is 12.4 Å². The number of dihydropyridines is 1. The molecule has 0 amide bonds. The Balaban J connectivity index is 1.18. The largest absolute Gasteiger partial charge is 0.284 e. The minimum Gasteiger partial charge on any atom is -0.284 e. The third kappa shape index (κ3) is 4.11. The van der Waals surface area contributed by atoms with Crippen LogP contribution < -0.4 is 0 Å². The summed E-state index contributed by atoms with van der Waals surface area (Å²) in [6, 6.07) is 50.3. The van der Waals surface area contributed by atoms with E-state index in [2.05, 4.69) is 180 Å². The van der Waals surface area contributed by atoms with E-state index in [9.17, 15) is 0 Å². The van der Waals surface area contributed by atoms with Gasteiger partial charge in [0, 0.05) is 23.0 Å². The van der Waals surface area contributed by atoms with E-state index in [4.69, 9.17) is 4.99 Å². The highest BCUT2D eigenvalue weighted by molar-refractivity contribution is 6.21. The molecule has 1 heterocycles. The van der Waals surface area contributed by atoms with Crippen LogP contribution in [0.25, 0.3) is 65.3 Å². The molecule has 0 spiro atoms. The molecule has 8 aromatic carbocycles. The third-order valence-corrected chi connectivity index (χ3v) is 13.1. The molecular weight excluding hydrogens is 639 g/mol. The smallest absolute Gasteiger partial charge is 0.0942 e. The highest BCUT2D eigenvalue weighted by Gasteiger charge is 2.43. The van der Waals surface area contributed by atoms with E-state index < -0.39 is 0 Å². The van der Waals surface area contributed by atoms with Crippen LogP contribution in [0.3, 0.4) is 0 Å². The van der Waals surface area contributed by atoms with Crippen molar-refractivity contribution >= 4 is 49.3 Å². The Hall–Kier alpha value is -5.79. The Kier molecular flexibility index (Phi) is 6.18. The Morgan fingerprint density at radius 2 is 1.13 bits per heavy atom. The fourth-order valence-electron chi connectivity index (χ4n) is 10.5. The fraction of sp³-hybridized carbons (Fsp3) is 0.173. The number of nitrogens with zero attached hydrogens (tertiary/aromatic N) is 1. The van der Waals surface area contributed by atoms with Gasteiger partial charge in [0.25, 0.3) is 0 Å². The number of aryl methyl sites for hydroxylation is 1. The van der Waals surface area contributed by atoms with Crippen LogP contribution in [0.2, 0.25) is 0 Å². The van der Waals surface area contributed by atoms with Crippen LogP contribution in [0.4, 0.5) is 0 Å². The van der Waals surface area contributed by atoms with Gasteiger partial charge in [-0.15, -0.1) is 0 Å². The number of allylic oxidation sites excluding steroid dienone is 1. The molecule has 3 aliphatic rings. The van der Waals surface area contributed by atoms with Crippen LogP contribution in [0.15, 0.2) is 150 Å². The lowest BCUT2D eigenvalue weighted by Gasteiger charge is -2.29. The first-order valence-electron chi connectivity index (χ1n) is 19.1. The van der Waals surface area contributed by atoms with Gasteiger partial charge in [0.15, 0.2) is 0 Å². The zero-order valence-corrected chi connectivity index (χ0v) is 31.0. The average Bonchev–Trinajstić information content (AvgIpc) is 3.54. The zero-order valence-electron chi connectivity index (χ0n) is 31.0. The normalized spacial score (nSPS) is 19.0. The summed E-state index contributed by atoms with van der Waals surface area (Å²) in [6.07, 6.45) is 4.78. The summed E-state index contributed by atoms with van der Waals surface area (Å²) < 4.78 is 0. The van der Waals surface area contributed by atoms with Crippen molar-refractivity contribution in [1.82, 2.24) is 0 Å². The van der Waals surface area contributed by atoms with Crippen molar-refractivity contribution in [3.8, 4) is 22.3 Å². The molecule has 53 heavy (non-hydrogen) atoms. The number of aliphatic imine (C=N–C) groups is 1. The van der Waals surface area contributed by atoms with Crippen molar-refractivity contribution in [3.05, 3.63) is 178 Å². The SMILES string of the molecule is Cc1ccc2c(C3C=C4C(C=N3)c3cc5ccccc5cc3C4(C)C)c3ccccc3c(-c3cc4c(c5ccccc35)-c3ccccc3C4(C)C)c2c1. The summed E-state index contributed by atoms with van der Waals surface area (Å²) >= 11 is 0. The molecule has 254 valence electrons. The molecule has 2 aliphatic carbocycles. The summed E-state index contributed by atoms with van der Waals surface area (Å²) in [6.45, 7) is 11.8. The first-order valence-corrected chi connectivity index (χ1v) is 19.1. The average molecular weight is 680 g/mol. The molecule has 1 nitrogen and oxygen atoms in total. The number of rotatable bonds is 2. The second-order valence-corrected chi connectivity index (χ2v) is 16.7. The van der Waals surface area contributed by atoms with Crippen LogP contribution in [-0.4, -0.2) is 6.21 Å². The predicted octanol–water partition coefficient (Wildman–Crippen LogP) is 13.7. The standard InChI is InChI=1S/C52H41N/c1-30-22-23-37-40(24-30)48(41-27-46-49(34-17-9-8-16-33(34)41)38-20-12-13-21-43(38)51(46,2)3)35-18-10-11-19-36(35)50(37)47-28-45-42(29-53-47)39-25-31-14-6-7-15-32(31)26-44(39)52(45,4)5/h6-29,42,47H,1-5H3. The second kappa shape index (κ2) is 10.6. The molecule has 1 heteroatoms. The molecule has 0 fully saturated rings. The van der Waals surface area contributed by atoms with E-state index in [1.54, 1.807) is 0 Å². The van der Waals surface area contributed by atoms with E-state index in [-0.39, 0.29) is 22.8 Å². The minimum absolute atomic E-state index is 0.0846. The minimum atomic E-state index is -0.108. The van der Waals surface area contributed by atoms with Crippen LogP contribution in [0.1, 0.15) is 73.0 Å². The Morgan fingerprint density at radius 1 is 0.491 bits per heavy atom. The van der Waals surface area contributed by atoms with E-state index in [1.807, 2.05) is 0 Å². The van der Waals surface area contributed by atoms with Crippen molar-refractivity contribution in [1.29, 1.82) is 0 Å².